The van der Waals surface area contributed by atoms with Gasteiger partial charge in [0, 0.05) is 17.5 Å². The third-order valence-electron chi connectivity index (χ3n) is 3.26. The predicted octanol–water partition coefficient (Wildman–Crippen LogP) is 2.54. The molecule has 0 amide bonds. The number of fused-ring (bicyclic) bond motifs is 1. The molecule has 1 aliphatic rings. The van der Waals surface area contributed by atoms with E-state index in [0.29, 0.717) is 5.75 Å². The number of hydrogen-bond donors (Lipinski definition) is 2. The minimum atomic E-state index is -0.323. The fourth-order valence-corrected chi connectivity index (χ4v) is 2.34. The van der Waals surface area contributed by atoms with Crippen molar-refractivity contribution in [2.45, 2.75) is 12.3 Å². The molecule has 1 atom stereocenters. The van der Waals surface area contributed by atoms with E-state index in [2.05, 4.69) is 0 Å². The summed E-state index contributed by atoms with van der Waals surface area (Å²) >= 11 is 0. The summed E-state index contributed by atoms with van der Waals surface area (Å²) < 4.78 is 5.14. The van der Waals surface area contributed by atoms with Crippen molar-refractivity contribution in [2.24, 2.45) is 0 Å². The summed E-state index contributed by atoms with van der Waals surface area (Å²) in [5.74, 6) is 0.217. The maximum Gasteiger partial charge on any atom is 0.312 e. The van der Waals surface area contributed by atoms with Crippen molar-refractivity contribution in [3.05, 3.63) is 53.6 Å². The van der Waals surface area contributed by atoms with Crippen molar-refractivity contribution >= 4 is 5.97 Å². The maximum atomic E-state index is 11.6. The number of hydrogen-bond acceptors (Lipinski definition) is 4. The van der Waals surface area contributed by atoms with E-state index in [1.54, 1.807) is 36.4 Å². The number of carbonyl (C=O) groups excluding carboxylic acids is 1. The van der Waals surface area contributed by atoms with Gasteiger partial charge in [-0.3, -0.25) is 4.79 Å². The van der Waals surface area contributed by atoms with E-state index in [9.17, 15) is 15.0 Å². The summed E-state index contributed by atoms with van der Waals surface area (Å²) in [6.45, 7) is 0. The second-order valence-electron chi connectivity index (χ2n) is 4.54. The highest BCUT2D eigenvalue weighted by Crippen LogP contribution is 2.40. The molecule has 3 rings (SSSR count). The second-order valence-corrected chi connectivity index (χ2v) is 4.54. The van der Waals surface area contributed by atoms with Crippen LogP contribution < -0.4 is 4.74 Å². The summed E-state index contributed by atoms with van der Waals surface area (Å²) in [6.07, 6.45) is 0.253. The van der Waals surface area contributed by atoms with Gasteiger partial charge in [-0.2, -0.15) is 0 Å². The Morgan fingerprint density at radius 3 is 2.42 bits per heavy atom. The first-order valence-corrected chi connectivity index (χ1v) is 5.96. The SMILES string of the molecule is O=C1CC(c2ccc(O)cc2)c2ccc(O)cc2O1. The molecule has 4 nitrogen and oxygen atoms in total. The van der Waals surface area contributed by atoms with Crippen LogP contribution in [0.5, 0.6) is 17.2 Å². The zero-order chi connectivity index (χ0) is 13.4. The number of phenolic OH excluding ortho intramolecular Hbond substituents is 2. The van der Waals surface area contributed by atoms with E-state index in [-0.39, 0.29) is 29.8 Å². The number of aromatic hydroxyl groups is 2. The van der Waals surface area contributed by atoms with Gasteiger partial charge in [0.25, 0.3) is 0 Å². The fourth-order valence-electron chi connectivity index (χ4n) is 2.34. The largest absolute Gasteiger partial charge is 0.508 e. The van der Waals surface area contributed by atoms with E-state index in [1.165, 1.54) is 6.07 Å². The predicted molar refractivity (Wildman–Crippen MR) is 68.3 cm³/mol. The van der Waals surface area contributed by atoms with Gasteiger partial charge in [0.05, 0.1) is 6.42 Å². The summed E-state index contributed by atoms with van der Waals surface area (Å²) in [6, 6.07) is 11.5. The third-order valence-corrected chi connectivity index (χ3v) is 3.26. The van der Waals surface area contributed by atoms with E-state index < -0.39 is 0 Å². The van der Waals surface area contributed by atoms with Gasteiger partial charge in [-0.05, 0) is 23.8 Å². The van der Waals surface area contributed by atoms with Crippen LogP contribution in [0.25, 0.3) is 0 Å². The average Bonchev–Trinajstić information content (AvgIpc) is 2.38. The van der Waals surface area contributed by atoms with Crippen LogP contribution in [0.2, 0.25) is 0 Å². The minimum absolute atomic E-state index is 0.0675. The molecule has 1 heterocycles. The molecular formula is C15H12O4. The Morgan fingerprint density at radius 1 is 1.00 bits per heavy atom. The second kappa shape index (κ2) is 4.31. The third kappa shape index (κ3) is 2.12. The molecule has 0 aliphatic carbocycles. The van der Waals surface area contributed by atoms with Crippen molar-refractivity contribution in [3.8, 4) is 17.2 Å². The van der Waals surface area contributed by atoms with Gasteiger partial charge in [-0.15, -0.1) is 0 Å². The van der Waals surface area contributed by atoms with Gasteiger partial charge in [0.15, 0.2) is 0 Å². The number of esters is 1. The molecule has 0 radical (unpaired) electrons. The van der Waals surface area contributed by atoms with E-state index in [0.717, 1.165) is 11.1 Å². The van der Waals surface area contributed by atoms with Crippen LogP contribution in [-0.4, -0.2) is 16.2 Å². The molecule has 4 heteroatoms. The molecule has 19 heavy (non-hydrogen) atoms. The van der Waals surface area contributed by atoms with Gasteiger partial charge >= 0.3 is 5.97 Å². The molecule has 0 saturated carbocycles. The van der Waals surface area contributed by atoms with E-state index >= 15 is 0 Å². The standard InChI is InChI=1S/C15H12O4/c16-10-3-1-9(2-4-10)13-8-15(18)19-14-7-11(17)5-6-12(13)14/h1-7,13,16-17H,8H2. The van der Waals surface area contributed by atoms with Crippen LogP contribution in [0, 0.1) is 0 Å². The molecular weight excluding hydrogens is 244 g/mol. The monoisotopic (exact) mass is 256 g/mol. The molecule has 96 valence electrons. The van der Waals surface area contributed by atoms with Crippen molar-refractivity contribution < 1.29 is 19.7 Å². The van der Waals surface area contributed by atoms with Crippen molar-refractivity contribution in [1.82, 2.24) is 0 Å². The fraction of sp³-hybridized carbons (Fsp3) is 0.133. The zero-order valence-corrected chi connectivity index (χ0v) is 10.0. The molecule has 2 aromatic carbocycles. The van der Waals surface area contributed by atoms with Crippen LogP contribution in [0.4, 0.5) is 0 Å². The normalized spacial score (nSPS) is 17.7. The molecule has 0 aromatic heterocycles. The number of rotatable bonds is 1. The summed E-state index contributed by atoms with van der Waals surface area (Å²) in [5.41, 5.74) is 1.80. The Hall–Kier alpha value is -2.49. The quantitative estimate of drug-likeness (QED) is 0.607. The van der Waals surface area contributed by atoms with Gasteiger partial charge in [-0.1, -0.05) is 18.2 Å². The Bertz CT molecular complexity index is 631. The zero-order valence-electron chi connectivity index (χ0n) is 10.0. The Morgan fingerprint density at radius 2 is 1.68 bits per heavy atom. The summed E-state index contributed by atoms with van der Waals surface area (Å²) in [7, 11) is 0. The Labute approximate surface area is 109 Å². The lowest BCUT2D eigenvalue weighted by atomic mass is 9.86. The maximum absolute atomic E-state index is 11.6. The van der Waals surface area contributed by atoms with Crippen LogP contribution in [-0.2, 0) is 4.79 Å². The molecule has 0 bridgehead atoms. The van der Waals surface area contributed by atoms with Crippen molar-refractivity contribution in [3.63, 3.8) is 0 Å². The van der Waals surface area contributed by atoms with Crippen LogP contribution in [0.3, 0.4) is 0 Å². The van der Waals surface area contributed by atoms with Gasteiger partial charge in [0.1, 0.15) is 17.2 Å². The highest BCUT2D eigenvalue weighted by atomic mass is 16.5. The topological polar surface area (TPSA) is 66.8 Å². The molecule has 0 saturated heterocycles. The number of carbonyl (C=O) groups is 1. The first-order chi connectivity index (χ1) is 9.13. The van der Waals surface area contributed by atoms with Gasteiger partial charge in [0.2, 0.25) is 0 Å². The molecule has 1 aliphatic heterocycles. The summed E-state index contributed by atoms with van der Waals surface area (Å²) in [4.78, 5) is 11.6. The van der Waals surface area contributed by atoms with E-state index in [4.69, 9.17) is 4.74 Å². The highest BCUT2D eigenvalue weighted by molar-refractivity contribution is 5.78. The van der Waals surface area contributed by atoms with E-state index in [1.807, 2.05) is 0 Å². The number of benzene rings is 2. The molecule has 2 N–H and O–H groups in total. The van der Waals surface area contributed by atoms with Gasteiger partial charge in [-0.25, -0.2) is 0 Å². The lowest BCUT2D eigenvalue weighted by Gasteiger charge is -2.24. The summed E-state index contributed by atoms with van der Waals surface area (Å²) in [5, 5.41) is 18.8. The Balaban J connectivity index is 2.08. The lowest BCUT2D eigenvalue weighted by molar-refractivity contribution is -0.135. The van der Waals surface area contributed by atoms with Crippen molar-refractivity contribution in [2.75, 3.05) is 0 Å². The average molecular weight is 256 g/mol. The Kier molecular flexibility index (Phi) is 2.63. The van der Waals surface area contributed by atoms with Crippen LogP contribution in [0.1, 0.15) is 23.5 Å². The number of phenols is 2. The smallest absolute Gasteiger partial charge is 0.312 e. The molecule has 2 aromatic rings. The highest BCUT2D eigenvalue weighted by Gasteiger charge is 2.28. The molecule has 0 spiro atoms. The minimum Gasteiger partial charge on any atom is -0.508 e. The van der Waals surface area contributed by atoms with Crippen LogP contribution in [0.15, 0.2) is 42.5 Å². The molecule has 0 fully saturated rings. The first kappa shape index (κ1) is 11.6. The lowest BCUT2D eigenvalue weighted by Crippen LogP contribution is -2.20. The van der Waals surface area contributed by atoms with Gasteiger partial charge < -0.3 is 14.9 Å². The van der Waals surface area contributed by atoms with Crippen LogP contribution >= 0.6 is 0 Å². The van der Waals surface area contributed by atoms with Crippen molar-refractivity contribution in [1.29, 1.82) is 0 Å². The number of ether oxygens (including phenoxy) is 1. The first-order valence-electron chi connectivity index (χ1n) is 5.96. The molecule has 1 unspecified atom stereocenters.